The Balaban J connectivity index is 1.50. The standard InChI is InChI=1S/C26H31FN4O/c1-4-30(2)21-12-11-20-23(24(21)27)26(29-25(28-20)18-9-10-18)31-15-13-17(14-16-31)19-7-5-6-8-22(19)32-3/h5-8,11-12,17-18H,4,9-10,13-16H2,1-3H3. The molecule has 0 bridgehead atoms. The summed E-state index contributed by atoms with van der Waals surface area (Å²) in [5.41, 5.74) is 2.58. The summed E-state index contributed by atoms with van der Waals surface area (Å²) in [6, 6.07) is 12.1. The third-order valence-corrected chi connectivity index (χ3v) is 6.98. The number of fused-ring (bicyclic) bond motifs is 1. The first-order valence-electron chi connectivity index (χ1n) is 11.7. The number of hydrogen-bond acceptors (Lipinski definition) is 5. The molecule has 1 aliphatic carbocycles. The van der Waals surface area contributed by atoms with E-state index >= 15 is 4.39 Å². The molecule has 2 fully saturated rings. The Labute approximate surface area is 189 Å². The fourth-order valence-corrected chi connectivity index (χ4v) is 4.80. The quantitative estimate of drug-likeness (QED) is 0.513. The van der Waals surface area contributed by atoms with Crippen molar-refractivity contribution >= 4 is 22.4 Å². The van der Waals surface area contributed by atoms with Crippen LogP contribution in [0.5, 0.6) is 5.75 Å². The minimum Gasteiger partial charge on any atom is -0.496 e. The van der Waals surface area contributed by atoms with Crippen molar-refractivity contribution in [3.05, 3.63) is 53.6 Å². The summed E-state index contributed by atoms with van der Waals surface area (Å²) < 4.78 is 21.3. The van der Waals surface area contributed by atoms with Crippen LogP contribution >= 0.6 is 0 Å². The Morgan fingerprint density at radius 2 is 1.78 bits per heavy atom. The van der Waals surface area contributed by atoms with Crippen LogP contribution in [0.4, 0.5) is 15.9 Å². The number of anilines is 2. The predicted molar refractivity (Wildman–Crippen MR) is 128 cm³/mol. The van der Waals surface area contributed by atoms with Crippen molar-refractivity contribution in [1.82, 2.24) is 9.97 Å². The van der Waals surface area contributed by atoms with Crippen LogP contribution in [0.1, 0.15) is 55.8 Å². The highest BCUT2D eigenvalue weighted by atomic mass is 19.1. The van der Waals surface area contributed by atoms with Gasteiger partial charge in [0.05, 0.1) is 23.7 Å². The smallest absolute Gasteiger partial charge is 0.159 e. The van der Waals surface area contributed by atoms with Gasteiger partial charge >= 0.3 is 0 Å². The van der Waals surface area contributed by atoms with E-state index < -0.39 is 0 Å². The zero-order valence-electron chi connectivity index (χ0n) is 19.1. The molecule has 2 aromatic carbocycles. The second kappa shape index (κ2) is 8.57. The molecule has 0 spiro atoms. The summed E-state index contributed by atoms with van der Waals surface area (Å²) in [7, 11) is 3.65. The fourth-order valence-electron chi connectivity index (χ4n) is 4.80. The van der Waals surface area contributed by atoms with E-state index in [0.717, 1.165) is 68.2 Å². The van der Waals surface area contributed by atoms with Gasteiger partial charge in [0, 0.05) is 32.6 Å². The van der Waals surface area contributed by atoms with Crippen molar-refractivity contribution in [3.8, 4) is 5.75 Å². The van der Waals surface area contributed by atoms with Gasteiger partial charge in [-0.05, 0) is 62.3 Å². The van der Waals surface area contributed by atoms with E-state index in [1.54, 1.807) is 7.11 Å². The number of hydrogen-bond donors (Lipinski definition) is 0. The fraction of sp³-hybridized carbons (Fsp3) is 0.462. The molecular weight excluding hydrogens is 403 g/mol. The molecule has 2 heterocycles. The highest BCUT2D eigenvalue weighted by Gasteiger charge is 2.31. The van der Waals surface area contributed by atoms with E-state index in [2.05, 4.69) is 17.0 Å². The van der Waals surface area contributed by atoms with Crippen LogP contribution in [0.2, 0.25) is 0 Å². The lowest BCUT2D eigenvalue weighted by molar-refractivity contribution is 0.397. The summed E-state index contributed by atoms with van der Waals surface area (Å²) in [5, 5.41) is 0.558. The van der Waals surface area contributed by atoms with E-state index in [-0.39, 0.29) is 5.82 Å². The van der Waals surface area contributed by atoms with Crippen LogP contribution in [-0.4, -0.2) is 43.8 Å². The second-order valence-electron chi connectivity index (χ2n) is 8.99. The Morgan fingerprint density at radius 1 is 1.03 bits per heavy atom. The van der Waals surface area contributed by atoms with Crippen LogP contribution in [0.25, 0.3) is 10.9 Å². The normalized spacial score (nSPS) is 17.1. The average Bonchev–Trinajstić information content (AvgIpc) is 3.69. The highest BCUT2D eigenvalue weighted by Crippen LogP contribution is 2.42. The first-order chi connectivity index (χ1) is 15.6. The van der Waals surface area contributed by atoms with Gasteiger partial charge in [-0.1, -0.05) is 18.2 Å². The number of rotatable bonds is 6. The van der Waals surface area contributed by atoms with E-state index in [4.69, 9.17) is 14.7 Å². The first-order valence-corrected chi connectivity index (χ1v) is 11.7. The van der Waals surface area contributed by atoms with Gasteiger partial charge in [-0.25, -0.2) is 14.4 Å². The molecule has 1 aromatic heterocycles. The van der Waals surface area contributed by atoms with Crippen molar-refractivity contribution in [2.45, 2.75) is 44.4 Å². The topological polar surface area (TPSA) is 41.5 Å². The Hall–Kier alpha value is -2.89. The molecule has 2 aliphatic rings. The third-order valence-electron chi connectivity index (χ3n) is 6.98. The number of nitrogens with zero attached hydrogens (tertiary/aromatic N) is 4. The lowest BCUT2D eigenvalue weighted by Crippen LogP contribution is -2.34. The molecule has 0 unspecified atom stereocenters. The van der Waals surface area contributed by atoms with E-state index in [0.29, 0.717) is 22.9 Å². The zero-order valence-corrected chi connectivity index (χ0v) is 19.1. The van der Waals surface area contributed by atoms with Gasteiger partial charge in [0.15, 0.2) is 5.82 Å². The van der Waals surface area contributed by atoms with Crippen LogP contribution in [0.15, 0.2) is 36.4 Å². The van der Waals surface area contributed by atoms with Crippen molar-refractivity contribution in [1.29, 1.82) is 0 Å². The summed E-state index contributed by atoms with van der Waals surface area (Å²) in [5.74, 6) is 3.23. The highest BCUT2D eigenvalue weighted by molar-refractivity contribution is 5.93. The first kappa shape index (κ1) is 21.0. The Kier molecular flexibility index (Phi) is 5.62. The summed E-state index contributed by atoms with van der Waals surface area (Å²) in [4.78, 5) is 13.9. The largest absolute Gasteiger partial charge is 0.496 e. The van der Waals surface area contributed by atoms with Crippen LogP contribution < -0.4 is 14.5 Å². The number of para-hydroxylation sites is 1. The molecule has 5 rings (SSSR count). The third kappa shape index (κ3) is 3.76. The molecule has 0 N–H and O–H groups in total. The van der Waals surface area contributed by atoms with Gasteiger partial charge in [0.25, 0.3) is 0 Å². The molecule has 0 radical (unpaired) electrons. The Morgan fingerprint density at radius 3 is 2.47 bits per heavy atom. The molecule has 1 saturated carbocycles. The molecule has 1 saturated heterocycles. The van der Waals surface area contributed by atoms with E-state index in [1.807, 2.05) is 43.1 Å². The van der Waals surface area contributed by atoms with E-state index in [9.17, 15) is 0 Å². The van der Waals surface area contributed by atoms with Gasteiger partial charge in [-0.3, -0.25) is 0 Å². The SMILES string of the molecule is CCN(C)c1ccc2nc(C3CC3)nc(N3CCC(c4ccccc4OC)CC3)c2c1F. The second-order valence-corrected chi connectivity index (χ2v) is 8.99. The predicted octanol–water partition coefficient (Wildman–Crippen LogP) is 5.50. The lowest BCUT2D eigenvalue weighted by Gasteiger charge is -2.34. The van der Waals surface area contributed by atoms with Gasteiger partial charge in [0.2, 0.25) is 0 Å². The summed E-state index contributed by atoms with van der Waals surface area (Å²) in [6.07, 6.45) is 4.22. The number of piperidine rings is 1. The molecule has 32 heavy (non-hydrogen) atoms. The maximum atomic E-state index is 15.7. The maximum absolute atomic E-state index is 15.7. The molecular formula is C26H31FN4O. The van der Waals surface area contributed by atoms with Gasteiger partial charge in [0.1, 0.15) is 17.4 Å². The van der Waals surface area contributed by atoms with Crippen molar-refractivity contribution in [2.24, 2.45) is 0 Å². The molecule has 3 aromatic rings. The number of aromatic nitrogens is 2. The maximum Gasteiger partial charge on any atom is 0.159 e. The van der Waals surface area contributed by atoms with Crippen LogP contribution in [0, 0.1) is 5.82 Å². The van der Waals surface area contributed by atoms with Gasteiger partial charge < -0.3 is 14.5 Å². The average molecular weight is 435 g/mol. The van der Waals surface area contributed by atoms with Crippen molar-refractivity contribution < 1.29 is 9.13 Å². The van der Waals surface area contributed by atoms with Gasteiger partial charge in [-0.2, -0.15) is 0 Å². The number of ether oxygens (including phenoxy) is 1. The zero-order chi connectivity index (χ0) is 22.2. The summed E-state index contributed by atoms with van der Waals surface area (Å²) >= 11 is 0. The van der Waals surface area contributed by atoms with E-state index in [1.165, 1.54) is 5.56 Å². The minimum absolute atomic E-state index is 0.212. The van der Waals surface area contributed by atoms with Crippen molar-refractivity contribution in [3.63, 3.8) is 0 Å². The molecule has 0 atom stereocenters. The molecule has 168 valence electrons. The minimum atomic E-state index is -0.212. The monoisotopic (exact) mass is 434 g/mol. The summed E-state index contributed by atoms with van der Waals surface area (Å²) in [6.45, 7) is 4.45. The number of benzene rings is 2. The van der Waals surface area contributed by atoms with Crippen LogP contribution in [-0.2, 0) is 0 Å². The molecule has 6 heteroatoms. The molecule has 0 amide bonds. The van der Waals surface area contributed by atoms with Crippen molar-refractivity contribution in [2.75, 3.05) is 43.6 Å². The number of halogens is 1. The lowest BCUT2D eigenvalue weighted by atomic mass is 9.88. The molecule has 5 nitrogen and oxygen atoms in total. The van der Waals surface area contributed by atoms with Gasteiger partial charge in [-0.15, -0.1) is 0 Å². The molecule has 1 aliphatic heterocycles. The Bertz CT molecular complexity index is 1120. The van der Waals surface area contributed by atoms with Crippen LogP contribution in [0.3, 0.4) is 0 Å². The number of methoxy groups -OCH3 is 1.